The fourth-order valence-electron chi connectivity index (χ4n) is 4.79. The molecule has 1 aliphatic heterocycles. The van der Waals surface area contributed by atoms with E-state index in [2.05, 4.69) is 24.3 Å². The van der Waals surface area contributed by atoms with Crippen LogP contribution in [0.3, 0.4) is 0 Å². The van der Waals surface area contributed by atoms with Crippen LogP contribution in [0.15, 0.2) is 10.9 Å². The van der Waals surface area contributed by atoms with E-state index in [0.717, 1.165) is 32.2 Å². The highest BCUT2D eigenvalue weighted by molar-refractivity contribution is 5.97. The largest absolute Gasteiger partial charge is 0.492 e. The van der Waals surface area contributed by atoms with Crippen LogP contribution in [0.1, 0.15) is 75.0 Å². The number of amides is 2. The van der Waals surface area contributed by atoms with Crippen LogP contribution in [0.5, 0.6) is 5.88 Å². The van der Waals surface area contributed by atoms with Gasteiger partial charge in [0.15, 0.2) is 5.56 Å². The van der Waals surface area contributed by atoms with Crippen molar-refractivity contribution < 1.29 is 14.7 Å². The van der Waals surface area contributed by atoms with Crippen LogP contribution >= 0.6 is 0 Å². The van der Waals surface area contributed by atoms with Gasteiger partial charge >= 0.3 is 0 Å². The normalized spacial score (nSPS) is 18.7. The predicted molar refractivity (Wildman–Crippen MR) is 130 cm³/mol. The van der Waals surface area contributed by atoms with E-state index in [1.54, 1.807) is 13.0 Å². The molecule has 0 aromatic carbocycles. The summed E-state index contributed by atoms with van der Waals surface area (Å²) in [5, 5.41) is 18.1. The van der Waals surface area contributed by atoms with E-state index >= 15 is 0 Å². The molecular formula is C25H35N5O4. The number of fused-ring (bicyclic) bond motifs is 1. The van der Waals surface area contributed by atoms with Crippen molar-refractivity contribution in [3.63, 3.8) is 0 Å². The Morgan fingerprint density at radius 1 is 1.21 bits per heavy atom. The fourth-order valence-corrected chi connectivity index (χ4v) is 4.79. The Labute approximate surface area is 199 Å². The smallest absolute Gasteiger partial charge is 0.270 e. The molecule has 1 atom stereocenters. The molecule has 9 nitrogen and oxygen atoms in total. The summed E-state index contributed by atoms with van der Waals surface area (Å²) in [6.07, 6.45) is 6.93. The summed E-state index contributed by atoms with van der Waals surface area (Å²) in [4.78, 5) is 41.1. The van der Waals surface area contributed by atoms with E-state index in [9.17, 15) is 19.5 Å². The molecule has 2 aromatic rings. The van der Waals surface area contributed by atoms with Gasteiger partial charge in [-0.1, -0.05) is 27.7 Å². The van der Waals surface area contributed by atoms with Gasteiger partial charge in [-0.2, -0.15) is 9.61 Å². The highest BCUT2D eigenvalue weighted by atomic mass is 16.3. The van der Waals surface area contributed by atoms with E-state index in [4.69, 9.17) is 0 Å². The number of carbonyl (C=O) groups is 2. The maximum Gasteiger partial charge on any atom is 0.270 e. The number of nitrogens with one attached hydrogen (secondary N) is 1. The minimum Gasteiger partial charge on any atom is -0.492 e. The molecule has 2 fully saturated rings. The van der Waals surface area contributed by atoms with Gasteiger partial charge in [-0.3, -0.25) is 19.0 Å². The lowest BCUT2D eigenvalue weighted by atomic mass is 10.0. The first kappa shape index (κ1) is 24.0. The van der Waals surface area contributed by atoms with E-state index in [1.807, 2.05) is 18.7 Å². The number of aromatic hydroxyl groups is 1. The number of likely N-dealkylation sites (tertiary alicyclic amines) is 1. The summed E-state index contributed by atoms with van der Waals surface area (Å²) in [5.74, 6) is -0.648. The third kappa shape index (κ3) is 4.48. The van der Waals surface area contributed by atoms with Crippen LogP contribution < -0.4 is 10.9 Å². The zero-order chi connectivity index (χ0) is 24.7. The van der Waals surface area contributed by atoms with Crippen molar-refractivity contribution in [2.24, 2.45) is 11.8 Å². The molecule has 34 heavy (non-hydrogen) atoms. The van der Waals surface area contributed by atoms with E-state index < -0.39 is 17.3 Å². The Kier molecular flexibility index (Phi) is 6.55. The fraction of sp³-hybridized carbons (Fsp3) is 0.600. The lowest BCUT2D eigenvalue weighted by molar-refractivity contribution is -0.127. The number of nitrogens with zero attached hydrogens (tertiary/aromatic N) is 4. The predicted octanol–water partition coefficient (Wildman–Crippen LogP) is 2.72. The Balaban J connectivity index is 1.79. The van der Waals surface area contributed by atoms with Crippen LogP contribution in [0, 0.1) is 18.8 Å². The first-order valence-corrected chi connectivity index (χ1v) is 12.2. The second-order valence-electron chi connectivity index (χ2n) is 10.3. The third-order valence-electron chi connectivity index (χ3n) is 6.65. The minimum atomic E-state index is -0.585. The average molecular weight is 470 g/mol. The molecule has 0 radical (unpaired) electrons. The zero-order valence-corrected chi connectivity index (χ0v) is 20.7. The van der Waals surface area contributed by atoms with Gasteiger partial charge in [0.25, 0.3) is 11.5 Å². The highest BCUT2D eigenvalue weighted by Gasteiger charge is 2.31. The summed E-state index contributed by atoms with van der Waals surface area (Å²) in [5.41, 5.74) is 0.652. The summed E-state index contributed by atoms with van der Waals surface area (Å²) in [6.45, 7) is 11.0. The van der Waals surface area contributed by atoms with Gasteiger partial charge in [-0.05, 0) is 50.5 Å². The molecule has 2 aromatic heterocycles. The van der Waals surface area contributed by atoms with Crippen molar-refractivity contribution in [1.82, 2.24) is 24.4 Å². The first-order valence-electron chi connectivity index (χ1n) is 12.2. The molecule has 1 saturated carbocycles. The molecule has 1 aliphatic carbocycles. The molecule has 1 unspecified atom stereocenters. The standard InChI is InChI=1S/C25H35N5O4/c1-14(2)13-29-23-18(10-11-20(31)28-12-6-7-19(28)15(3)4)16(5)27-30(23)25(34)21(24(29)33)22(32)26-17-8-9-17/h10-11,14-15,17,19,34H,6-9,12-13H2,1-5H3,(H,26,32). The number of carbonyl (C=O) groups excluding carboxylic acids is 2. The molecule has 2 N–H and O–H groups in total. The van der Waals surface area contributed by atoms with Crippen molar-refractivity contribution in [2.45, 2.75) is 78.9 Å². The Bertz CT molecular complexity index is 1200. The second-order valence-corrected chi connectivity index (χ2v) is 10.3. The van der Waals surface area contributed by atoms with Crippen LogP contribution in [-0.4, -0.2) is 54.6 Å². The van der Waals surface area contributed by atoms with Crippen molar-refractivity contribution in [2.75, 3.05) is 6.54 Å². The first-order chi connectivity index (χ1) is 16.1. The van der Waals surface area contributed by atoms with Gasteiger partial charge in [-0.15, -0.1) is 0 Å². The molecule has 9 heteroatoms. The summed E-state index contributed by atoms with van der Waals surface area (Å²) in [6, 6.07) is 0.266. The Hall–Kier alpha value is -3.10. The lowest BCUT2D eigenvalue weighted by Gasteiger charge is -2.26. The molecule has 4 rings (SSSR count). The molecule has 184 valence electrons. The molecule has 2 aliphatic rings. The highest BCUT2D eigenvalue weighted by Crippen LogP contribution is 2.27. The summed E-state index contributed by atoms with van der Waals surface area (Å²) >= 11 is 0. The van der Waals surface area contributed by atoms with E-state index in [0.29, 0.717) is 29.4 Å². The maximum atomic E-state index is 13.4. The molecule has 0 bridgehead atoms. The van der Waals surface area contributed by atoms with Crippen molar-refractivity contribution in [3.8, 4) is 5.88 Å². The Morgan fingerprint density at radius 3 is 2.53 bits per heavy atom. The van der Waals surface area contributed by atoms with Crippen molar-refractivity contribution in [1.29, 1.82) is 0 Å². The van der Waals surface area contributed by atoms with Crippen LogP contribution in [0.4, 0.5) is 0 Å². The monoisotopic (exact) mass is 469 g/mol. The van der Waals surface area contributed by atoms with Crippen LogP contribution in [0.2, 0.25) is 0 Å². The third-order valence-corrected chi connectivity index (χ3v) is 6.65. The molecule has 3 heterocycles. The zero-order valence-electron chi connectivity index (χ0n) is 20.7. The van der Waals surface area contributed by atoms with Crippen molar-refractivity contribution >= 4 is 23.5 Å². The van der Waals surface area contributed by atoms with Gasteiger partial charge in [-0.25, -0.2) is 0 Å². The Morgan fingerprint density at radius 2 is 1.91 bits per heavy atom. The number of rotatable bonds is 7. The lowest BCUT2D eigenvalue weighted by Crippen LogP contribution is -2.37. The summed E-state index contributed by atoms with van der Waals surface area (Å²) in [7, 11) is 0. The molecular weight excluding hydrogens is 434 g/mol. The van der Waals surface area contributed by atoms with Gasteiger partial charge in [0.05, 0.1) is 5.69 Å². The van der Waals surface area contributed by atoms with E-state index in [1.165, 1.54) is 15.2 Å². The summed E-state index contributed by atoms with van der Waals surface area (Å²) < 4.78 is 2.74. The quantitative estimate of drug-likeness (QED) is 0.606. The van der Waals surface area contributed by atoms with Crippen LogP contribution in [0.25, 0.3) is 11.7 Å². The van der Waals surface area contributed by atoms with Gasteiger partial charge < -0.3 is 15.3 Å². The number of aromatic nitrogens is 3. The second kappa shape index (κ2) is 9.27. The number of hydrogen-bond acceptors (Lipinski definition) is 5. The van der Waals surface area contributed by atoms with Crippen molar-refractivity contribution in [3.05, 3.63) is 33.3 Å². The SMILES string of the molecule is Cc1nn2c(O)c(C(=O)NC3CC3)c(=O)n(CC(C)C)c2c1C=CC(=O)N1CCCC1C(C)C. The topological polar surface area (TPSA) is 109 Å². The number of aryl methyl sites for hydroxylation is 1. The molecule has 0 spiro atoms. The number of hydrogen-bond donors (Lipinski definition) is 2. The minimum absolute atomic E-state index is 0.0460. The van der Waals surface area contributed by atoms with Crippen LogP contribution in [-0.2, 0) is 11.3 Å². The molecule has 1 saturated heterocycles. The van der Waals surface area contributed by atoms with Gasteiger partial charge in [0, 0.05) is 36.8 Å². The maximum absolute atomic E-state index is 13.4. The van der Waals surface area contributed by atoms with E-state index in [-0.39, 0.29) is 29.5 Å². The average Bonchev–Trinajstić information content (AvgIpc) is 3.31. The molecule has 2 amide bonds. The van der Waals surface area contributed by atoms with Gasteiger partial charge in [0.1, 0.15) is 5.65 Å². The van der Waals surface area contributed by atoms with Gasteiger partial charge in [0.2, 0.25) is 11.8 Å².